The minimum Gasteiger partial charge on any atom is -0.295 e. The molecular formula is C24H28BNO. The fourth-order valence-corrected chi connectivity index (χ4v) is 7.30. The van der Waals surface area contributed by atoms with E-state index in [9.17, 15) is 4.79 Å². The zero-order valence-corrected chi connectivity index (χ0v) is 16.5. The Balaban J connectivity index is 1.51. The lowest BCUT2D eigenvalue weighted by atomic mass is 9.46. The number of hydrogen-bond acceptors (Lipinski definition) is 2. The molecule has 1 aromatic heterocycles. The van der Waals surface area contributed by atoms with Crippen molar-refractivity contribution < 1.29 is 4.79 Å². The Labute approximate surface area is 163 Å². The first-order valence-electron chi connectivity index (χ1n) is 10.6. The summed E-state index contributed by atoms with van der Waals surface area (Å²) in [4.78, 5) is 16.3. The predicted molar refractivity (Wildman–Crippen MR) is 109 cm³/mol. The molecule has 0 spiro atoms. The molecule has 5 rings (SSSR count). The molecule has 1 heterocycles. The average molecular weight is 357 g/mol. The molecule has 27 heavy (non-hydrogen) atoms. The number of nitrogens with zero attached hydrogens (tertiary/aromatic N) is 1. The molecule has 2 fully saturated rings. The van der Waals surface area contributed by atoms with Gasteiger partial charge in [-0.15, -0.1) is 5.47 Å². The Hall–Kier alpha value is -1.64. The summed E-state index contributed by atoms with van der Waals surface area (Å²) in [5.41, 5.74) is 5.49. The summed E-state index contributed by atoms with van der Waals surface area (Å²) in [7, 11) is 6.66. The van der Waals surface area contributed by atoms with Crippen LogP contribution in [0.1, 0.15) is 64.4 Å². The third-order valence-corrected chi connectivity index (χ3v) is 8.63. The van der Waals surface area contributed by atoms with Crippen LogP contribution < -0.4 is 0 Å². The molecular weight excluding hydrogens is 329 g/mol. The second-order valence-electron chi connectivity index (χ2n) is 9.77. The van der Waals surface area contributed by atoms with E-state index in [2.05, 4.69) is 24.9 Å². The van der Waals surface area contributed by atoms with Gasteiger partial charge in [0.15, 0.2) is 5.78 Å². The minimum absolute atomic E-state index is 0.163. The summed E-state index contributed by atoms with van der Waals surface area (Å²) >= 11 is 0. The van der Waals surface area contributed by atoms with E-state index in [0.717, 1.165) is 31.2 Å². The molecule has 0 saturated heterocycles. The molecule has 5 atom stereocenters. The molecule has 2 radical (unpaired) electrons. The second-order valence-corrected chi connectivity index (χ2v) is 9.77. The van der Waals surface area contributed by atoms with E-state index < -0.39 is 0 Å². The molecule has 3 unspecified atom stereocenters. The van der Waals surface area contributed by atoms with Crippen LogP contribution in [0.15, 0.2) is 41.6 Å². The van der Waals surface area contributed by atoms with Crippen molar-refractivity contribution in [2.45, 2.75) is 58.8 Å². The Bertz CT molecular complexity index is 856. The molecule has 4 aliphatic carbocycles. The summed E-state index contributed by atoms with van der Waals surface area (Å²) in [5.74, 6) is 2.38. The van der Waals surface area contributed by atoms with E-state index in [4.69, 9.17) is 7.85 Å². The van der Waals surface area contributed by atoms with Crippen LogP contribution in [0.25, 0.3) is 5.57 Å². The van der Waals surface area contributed by atoms with Crippen LogP contribution in [0, 0.1) is 28.6 Å². The van der Waals surface area contributed by atoms with Crippen molar-refractivity contribution >= 4 is 19.2 Å². The molecule has 2 nitrogen and oxygen atoms in total. The van der Waals surface area contributed by atoms with Crippen LogP contribution >= 0.6 is 0 Å². The lowest BCUT2D eigenvalue weighted by molar-refractivity contribution is -0.117. The first-order chi connectivity index (χ1) is 12.9. The van der Waals surface area contributed by atoms with E-state index in [1.54, 1.807) is 0 Å². The highest BCUT2D eigenvalue weighted by atomic mass is 16.1. The van der Waals surface area contributed by atoms with Gasteiger partial charge in [0, 0.05) is 18.8 Å². The summed E-state index contributed by atoms with van der Waals surface area (Å²) < 4.78 is 0. The number of allylic oxidation sites excluding steroid dienone is 4. The van der Waals surface area contributed by atoms with Gasteiger partial charge in [-0.2, -0.15) is 0 Å². The molecule has 2 saturated carbocycles. The van der Waals surface area contributed by atoms with Crippen LogP contribution in [-0.2, 0) is 4.79 Å². The van der Waals surface area contributed by atoms with Gasteiger partial charge in [-0.05, 0) is 90.4 Å². The van der Waals surface area contributed by atoms with Crippen molar-refractivity contribution in [3.05, 3.63) is 47.2 Å². The van der Waals surface area contributed by atoms with E-state index in [0.29, 0.717) is 23.5 Å². The fraction of sp³-hybridized carbons (Fsp3) is 0.583. The summed E-state index contributed by atoms with van der Waals surface area (Å²) in [6, 6.07) is 4.19. The second kappa shape index (κ2) is 5.93. The number of carbonyl (C=O) groups excluding carboxylic acids is 1. The lowest BCUT2D eigenvalue weighted by Gasteiger charge is -2.58. The zero-order valence-electron chi connectivity index (χ0n) is 16.5. The van der Waals surface area contributed by atoms with Gasteiger partial charge in [0.05, 0.1) is 0 Å². The van der Waals surface area contributed by atoms with Crippen LogP contribution in [0.2, 0.25) is 0 Å². The quantitative estimate of drug-likeness (QED) is 0.655. The van der Waals surface area contributed by atoms with Crippen molar-refractivity contribution in [1.82, 2.24) is 4.98 Å². The minimum atomic E-state index is 0.163. The van der Waals surface area contributed by atoms with Gasteiger partial charge in [-0.1, -0.05) is 25.5 Å². The first kappa shape index (κ1) is 17.5. The maximum absolute atomic E-state index is 12.0. The Morgan fingerprint density at radius 1 is 1.11 bits per heavy atom. The van der Waals surface area contributed by atoms with Crippen molar-refractivity contribution in [2.75, 3.05) is 0 Å². The maximum Gasteiger partial charge on any atom is 0.155 e. The highest BCUT2D eigenvalue weighted by molar-refractivity contribution is 6.26. The Morgan fingerprint density at radius 2 is 1.96 bits per heavy atom. The Morgan fingerprint density at radius 3 is 2.74 bits per heavy atom. The highest BCUT2D eigenvalue weighted by Gasteiger charge is 2.57. The van der Waals surface area contributed by atoms with Gasteiger partial charge in [-0.25, -0.2) is 0 Å². The van der Waals surface area contributed by atoms with Gasteiger partial charge < -0.3 is 0 Å². The topological polar surface area (TPSA) is 30.0 Å². The molecule has 0 amide bonds. The standard InChI is InChI=1S/C24H28BNO/c1-23-9-7-17(27)12-16(23)5-6-18-19(23)8-10-24(2)20(18)13-21(25)22(24)15-4-3-11-26-14-15/h3-4,11-12,14,18-20H,5-10,13H2,1-2H3/t18?,19?,20?,23-,24-/m0/s1. The highest BCUT2D eigenvalue weighted by Crippen LogP contribution is 2.67. The first-order valence-corrected chi connectivity index (χ1v) is 10.6. The summed E-state index contributed by atoms with van der Waals surface area (Å²) in [6.45, 7) is 4.90. The monoisotopic (exact) mass is 357 g/mol. The lowest BCUT2D eigenvalue weighted by Crippen LogP contribution is -2.49. The SMILES string of the molecule is [B]C1=C(c2cccnc2)[C@@]2(C)CCC3C(CCC4=CC(=O)CC[C@@]43C)C2C1. The molecule has 0 aliphatic heterocycles. The van der Waals surface area contributed by atoms with E-state index in [-0.39, 0.29) is 10.8 Å². The fourth-order valence-electron chi connectivity index (χ4n) is 7.30. The molecule has 3 heteroatoms. The number of fused-ring (bicyclic) bond motifs is 5. The molecule has 0 aromatic carbocycles. The van der Waals surface area contributed by atoms with Gasteiger partial charge in [0.2, 0.25) is 0 Å². The molecule has 1 aromatic rings. The number of rotatable bonds is 1. The maximum atomic E-state index is 12.0. The van der Waals surface area contributed by atoms with Gasteiger partial charge in [0.25, 0.3) is 0 Å². The summed E-state index contributed by atoms with van der Waals surface area (Å²) in [5, 5.41) is 0. The third-order valence-electron chi connectivity index (χ3n) is 8.63. The van der Waals surface area contributed by atoms with Crippen LogP contribution in [-0.4, -0.2) is 18.6 Å². The van der Waals surface area contributed by atoms with Crippen molar-refractivity contribution in [3.8, 4) is 0 Å². The largest absolute Gasteiger partial charge is 0.295 e. The van der Waals surface area contributed by atoms with Gasteiger partial charge in [-0.3, -0.25) is 9.78 Å². The molecule has 0 bridgehead atoms. The summed E-state index contributed by atoms with van der Waals surface area (Å²) in [6.07, 6.45) is 13.4. The van der Waals surface area contributed by atoms with E-state index in [1.165, 1.54) is 36.0 Å². The van der Waals surface area contributed by atoms with E-state index >= 15 is 0 Å². The normalized spacial score (nSPS) is 40.9. The van der Waals surface area contributed by atoms with Gasteiger partial charge >= 0.3 is 0 Å². The van der Waals surface area contributed by atoms with Crippen LogP contribution in [0.5, 0.6) is 0 Å². The predicted octanol–water partition coefficient (Wildman–Crippen LogP) is 5.10. The van der Waals surface area contributed by atoms with Crippen molar-refractivity contribution in [3.63, 3.8) is 0 Å². The number of carbonyl (C=O) groups is 1. The zero-order chi connectivity index (χ0) is 18.8. The number of aromatic nitrogens is 1. The average Bonchev–Trinajstić information content (AvgIpc) is 2.93. The number of hydrogen-bond donors (Lipinski definition) is 0. The van der Waals surface area contributed by atoms with Crippen molar-refractivity contribution in [2.24, 2.45) is 28.6 Å². The number of pyridine rings is 1. The number of ketones is 1. The van der Waals surface area contributed by atoms with Crippen molar-refractivity contribution in [1.29, 1.82) is 0 Å². The smallest absolute Gasteiger partial charge is 0.155 e. The molecule has 4 aliphatic rings. The van der Waals surface area contributed by atoms with Crippen LogP contribution in [0.4, 0.5) is 0 Å². The molecule has 138 valence electrons. The van der Waals surface area contributed by atoms with Gasteiger partial charge in [0.1, 0.15) is 7.85 Å². The Kier molecular flexibility index (Phi) is 3.83. The molecule has 0 N–H and O–H groups in total. The van der Waals surface area contributed by atoms with E-state index in [1.807, 2.05) is 24.5 Å². The van der Waals surface area contributed by atoms with Crippen LogP contribution in [0.3, 0.4) is 0 Å². The third kappa shape index (κ3) is 2.39.